The highest BCUT2D eigenvalue weighted by Crippen LogP contribution is 2.59. The van der Waals surface area contributed by atoms with Crippen LogP contribution in [0, 0.1) is 35.5 Å². The molecule has 0 saturated heterocycles. The molecular formula is C19H20O. The number of ketones is 1. The van der Waals surface area contributed by atoms with Gasteiger partial charge >= 0.3 is 0 Å². The summed E-state index contributed by atoms with van der Waals surface area (Å²) in [7, 11) is 0. The molecule has 0 unspecified atom stereocenters. The van der Waals surface area contributed by atoms with Crippen molar-refractivity contribution in [3.05, 3.63) is 60.7 Å². The molecule has 2 bridgehead atoms. The summed E-state index contributed by atoms with van der Waals surface area (Å²) in [5.41, 5.74) is 1.40. The fourth-order valence-electron chi connectivity index (χ4n) is 4.98. The maximum atomic E-state index is 12.3. The summed E-state index contributed by atoms with van der Waals surface area (Å²) in [6, 6.07) is 10.7. The van der Waals surface area contributed by atoms with E-state index in [1.165, 1.54) is 12.0 Å². The summed E-state index contributed by atoms with van der Waals surface area (Å²) in [6.45, 7) is 4.02. The second kappa shape index (κ2) is 4.44. The topological polar surface area (TPSA) is 17.1 Å². The number of rotatable bonds is 3. The second-order valence-corrected chi connectivity index (χ2v) is 6.58. The minimum atomic E-state index is 0.189. The van der Waals surface area contributed by atoms with Gasteiger partial charge in [0.1, 0.15) is 5.78 Å². The van der Waals surface area contributed by atoms with E-state index >= 15 is 0 Å². The molecule has 2 saturated carbocycles. The molecule has 1 aromatic carbocycles. The van der Waals surface area contributed by atoms with Gasteiger partial charge in [-0.2, -0.15) is 0 Å². The molecule has 6 atom stereocenters. The normalized spacial score (nSPS) is 41.1. The highest BCUT2D eigenvalue weighted by molar-refractivity contribution is 5.92. The Balaban J connectivity index is 1.64. The number of benzene rings is 1. The van der Waals surface area contributed by atoms with Gasteiger partial charge in [0.2, 0.25) is 0 Å². The summed E-state index contributed by atoms with van der Waals surface area (Å²) in [6.07, 6.45) is 8.75. The smallest absolute Gasteiger partial charge is 0.147 e. The second-order valence-electron chi connectivity index (χ2n) is 6.58. The van der Waals surface area contributed by atoms with E-state index in [2.05, 4.69) is 55.1 Å². The van der Waals surface area contributed by atoms with Gasteiger partial charge in [0.25, 0.3) is 0 Å². The van der Waals surface area contributed by atoms with Crippen LogP contribution in [0.5, 0.6) is 0 Å². The Labute approximate surface area is 120 Å². The van der Waals surface area contributed by atoms with Crippen LogP contribution >= 0.6 is 0 Å². The van der Waals surface area contributed by atoms with Crippen molar-refractivity contribution in [1.82, 2.24) is 0 Å². The lowest BCUT2D eigenvalue weighted by Gasteiger charge is -2.25. The molecule has 3 aliphatic rings. The van der Waals surface area contributed by atoms with E-state index < -0.39 is 0 Å². The van der Waals surface area contributed by atoms with Crippen molar-refractivity contribution in [2.24, 2.45) is 35.5 Å². The Bertz CT molecular complexity index is 571. The van der Waals surface area contributed by atoms with Crippen LogP contribution in [0.3, 0.4) is 0 Å². The molecule has 3 aliphatic carbocycles. The van der Waals surface area contributed by atoms with E-state index in [1.54, 1.807) is 0 Å². The first kappa shape index (κ1) is 12.1. The highest BCUT2D eigenvalue weighted by atomic mass is 16.1. The fraction of sp³-hybridized carbons (Fsp3) is 0.421. The number of carbonyl (C=O) groups is 1. The largest absolute Gasteiger partial charge is 0.298 e. The molecule has 0 aliphatic heterocycles. The van der Waals surface area contributed by atoms with Crippen molar-refractivity contribution >= 4 is 5.78 Å². The molecule has 20 heavy (non-hydrogen) atoms. The third-order valence-electron chi connectivity index (χ3n) is 5.71. The van der Waals surface area contributed by atoms with Crippen molar-refractivity contribution in [2.45, 2.75) is 12.8 Å². The lowest BCUT2D eigenvalue weighted by atomic mass is 9.78. The van der Waals surface area contributed by atoms with E-state index in [4.69, 9.17) is 0 Å². The van der Waals surface area contributed by atoms with Crippen LogP contribution in [-0.4, -0.2) is 5.78 Å². The van der Waals surface area contributed by atoms with Gasteiger partial charge in [-0.15, -0.1) is 6.58 Å². The summed E-state index contributed by atoms with van der Waals surface area (Å²) in [5.74, 6) is 3.11. The molecule has 1 nitrogen and oxygen atoms in total. The number of hydrogen-bond donors (Lipinski definition) is 0. The van der Waals surface area contributed by atoms with Crippen LogP contribution in [0.15, 0.2) is 55.1 Å². The summed E-state index contributed by atoms with van der Waals surface area (Å²) < 4.78 is 0. The third-order valence-corrected chi connectivity index (χ3v) is 5.71. The van der Waals surface area contributed by atoms with Crippen LogP contribution in [0.25, 0.3) is 0 Å². The number of allylic oxidation sites excluding steroid dienone is 3. The average Bonchev–Trinajstić information content (AvgIpc) is 3.10. The predicted molar refractivity (Wildman–Crippen MR) is 80.0 cm³/mol. The quantitative estimate of drug-likeness (QED) is 0.761. The number of carbonyl (C=O) groups excluding carboxylic acids is 1. The Hall–Kier alpha value is -1.63. The van der Waals surface area contributed by atoms with Gasteiger partial charge in [-0.3, -0.25) is 4.79 Å². The molecule has 0 amide bonds. The molecule has 1 heteroatoms. The zero-order valence-electron chi connectivity index (χ0n) is 11.6. The maximum absolute atomic E-state index is 12.3. The van der Waals surface area contributed by atoms with E-state index in [0.717, 1.165) is 6.42 Å². The van der Waals surface area contributed by atoms with Gasteiger partial charge in [-0.1, -0.05) is 48.6 Å². The van der Waals surface area contributed by atoms with E-state index in [-0.39, 0.29) is 11.8 Å². The SMILES string of the molecule is C=C[C@@H]1C[C@H](Cc2ccccc2)[C@@H]2[C@H]1[C@@H]1C=C[C@H]2C1=O. The van der Waals surface area contributed by atoms with Gasteiger partial charge in [0, 0.05) is 11.8 Å². The van der Waals surface area contributed by atoms with E-state index in [0.29, 0.717) is 29.5 Å². The molecule has 0 radical (unpaired) electrons. The lowest BCUT2D eigenvalue weighted by molar-refractivity contribution is -0.121. The Morgan fingerprint density at radius 2 is 1.80 bits per heavy atom. The highest BCUT2D eigenvalue weighted by Gasteiger charge is 2.58. The lowest BCUT2D eigenvalue weighted by Crippen LogP contribution is -2.22. The molecule has 4 rings (SSSR count). The summed E-state index contributed by atoms with van der Waals surface area (Å²) >= 11 is 0. The van der Waals surface area contributed by atoms with Crippen molar-refractivity contribution in [3.8, 4) is 0 Å². The zero-order valence-corrected chi connectivity index (χ0v) is 11.6. The van der Waals surface area contributed by atoms with Crippen LogP contribution in [0.2, 0.25) is 0 Å². The first-order chi connectivity index (χ1) is 9.79. The van der Waals surface area contributed by atoms with Crippen LogP contribution in [-0.2, 0) is 11.2 Å². The summed E-state index contributed by atoms with van der Waals surface area (Å²) in [5, 5.41) is 0. The van der Waals surface area contributed by atoms with Crippen LogP contribution in [0.4, 0.5) is 0 Å². The molecule has 0 heterocycles. The molecule has 1 aromatic rings. The van der Waals surface area contributed by atoms with Gasteiger partial charge in [0.05, 0.1) is 0 Å². The van der Waals surface area contributed by atoms with Gasteiger partial charge in [-0.25, -0.2) is 0 Å². The van der Waals surface area contributed by atoms with Crippen LogP contribution in [0.1, 0.15) is 12.0 Å². The van der Waals surface area contributed by atoms with Crippen molar-refractivity contribution in [2.75, 3.05) is 0 Å². The van der Waals surface area contributed by atoms with Gasteiger partial charge < -0.3 is 0 Å². The van der Waals surface area contributed by atoms with Crippen molar-refractivity contribution < 1.29 is 4.79 Å². The third kappa shape index (κ3) is 1.59. The number of fused-ring (bicyclic) bond motifs is 5. The molecular weight excluding hydrogens is 244 g/mol. The fourth-order valence-corrected chi connectivity index (χ4v) is 4.98. The molecule has 0 N–H and O–H groups in total. The van der Waals surface area contributed by atoms with E-state index in [9.17, 15) is 4.79 Å². The van der Waals surface area contributed by atoms with Gasteiger partial charge in [0.15, 0.2) is 0 Å². The predicted octanol–water partition coefficient (Wildman–Crippen LogP) is 3.67. The van der Waals surface area contributed by atoms with Crippen LogP contribution < -0.4 is 0 Å². The molecule has 102 valence electrons. The van der Waals surface area contributed by atoms with Gasteiger partial charge in [-0.05, 0) is 42.1 Å². The first-order valence-electron chi connectivity index (χ1n) is 7.68. The molecule has 2 fully saturated rings. The standard InChI is InChI=1S/C19H20O/c1-2-13-11-14(10-12-6-4-3-5-7-12)18-16-9-8-15(17(13)18)19(16)20/h2-9,13-18H,1,10-11H2/t13-,14+,15+,16-,17-,18+/m1/s1. The Morgan fingerprint density at radius 3 is 2.50 bits per heavy atom. The first-order valence-corrected chi connectivity index (χ1v) is 7.68. The monoisotopic (exact) mass is 264 g/mol. The maximum Gasteiger partial charge on any atom is 0.147 e. The summed E-state index contributed by atoms with van der Waals surface area (Å²) in [4.78, 5) is 12.3. The number of hydrogen-bond acceptors (Lipinski definition) is 1. The zero-order chi connectivity index (χ0) is 13.7. The molecule has 0 aromatic heterocycles. The Kier molecular flexibility index (Phi) is 2.70. The minimum Gasteiger partial charge on any atom is -0.298 e. The molecule has 0 spiro atoms. The number of Topliss-reactive ketones (excluding diaryl/α,β-unsaturated/α-hetero) is 1. The van der Waals surface area contributed by atoms with Crippen molar-refractivity contribution in [1.29, 1.82) is 0 Å². The minimum absolute atomic E-state index is 0.189. The van der Waals surface area contributed by atoms with E-state index in [1.807, 2.05) is 0 Å². The van der Waals surface area contributed by atoms with Crippen molar-refractivity contribution in [3.63, 3.8) is 0 Å². The average molecular weight is 264 g/mol. The Morgan fingerprint density at radius 1 is 1.10 bits per heavy atom.